The molecule has 0 radical (unpaired) electrons. The maximum atomic E-state index is 11.7. The molecule has 0 saturated heterocycles. The molecule has 1 amide bonds. The summed E-state index contributed by atoms with van der Waals surface area (Å²) >= 11 is 0. The summed E-state index contributed by atoms with van der Waals surface area (Å²) in [5, 5.41) is 2.89. The van der Waals surface area contributed by atoms with Gasteiger partial charge in [-0.2, -0.15) is 0 Å². The van der Waals surface area contributed by atoms with Crippen LogP contribution in [-0.4, -0.2) is 24.0 Å². The molecule has 1 heterocycles. The van der Waals surface area contributed by atoms with Crippen molar-refractivity contribution in [1.82, 2.24) is 10.3 Å². The first kappa shape index (κ1) is 10.9. The molecule has 0 spiro atoms. The molecular formula is C12H16N2O2. The van der Waals surface area contributed by atoms with E-state index in [0.29, 0.717) is 24.0 Å². The highest BCUT2D eigenvalue weighted by molar-refractivity contribution is 5.93. The highest BCUT2D eigenvalue weighted by Gasteiger charge is 2.21. The van der Waals surface area contributed by atoms with Gasteiger partial charge in [0.2, 0.25) is 5.88 Å². The number of nitrogens with zero attached hydrogens (tertiary/aromatic N) is 1. The molecule has 0 unspecified atom stereocenters. The van der Waals surface area contributed by atoms with Crippen molar-refractivity contribution in [2.75, 3.05) is 13.2 Å². The van der Waals surface area contributed by atoms with E-state index < -0.39 is 0 Å². The van der Waals surface area contributed by atoms with Crippen LogP contribution in [0.3, 0.4) is 0 Å². The first-order valence-electron chi connectivity index (χ1n) is 5.66. The van der Waals surface area contributed by atoms with Gasteiger partial charge in [-0.25, -0.2) is 4.98 Å². The van der Waals surface area contributed by atoms with E-state index in [2.05, 4.69) is 10.3 Å². The second-order valence-electron chi connectivity index (χ2n) is 3.97. The molecule has 1 aromatic rings. The van der Waals surface area contributed by atoms with Crippen LogP contribution in [0.15, 0.2) is 18.3 Å². The van der Waals surface area contributed by atoms with Crippen LogP contribution < -0.4 is 10.1 Å². The molecule has 2 rings (SSSR count). The molecule has 0 aromatic carbocycles. The monoisotopic (exact) mass is 220 g/mol. The number of aromatic nitrogens is 1. The lowest BCUT2D eigenvalue weighted by molar-refractivity contribution is 0.0951. The zero-order valence-electron chi connectivity index (χ0n) is 9.40. The third-order valence-electron chi connectivity index (χ3n) is 2.54. The van der Waals surface area contributed by atoms with Gasteiger partial charge < -0.3 is 10.1 Å². The van der Waals surface area contributed by atoms with E-state index in [1.807, 2.05) is 6.92 Å². The fourth-order valence-corrected chi connectivity index (χ4v) is 1.41. The molecule has 4 heteroatoms. The highest BCUT2D eigenvalue weighted by atomic mass is 16.5. The number of nitrogens with one attached hydrogen (secondary N) is 1. The summed E-state index contributed by atoms with van der Waals surface area (Å²) in [6.07, 6.45) is 4.02. The number of ether oxygens (including phenoxy) is 1. The average molecular weight is 220 g/mol. The predicted octanol–water partition coefficient (Wildman–Crippen LogP) is 1.62. The number of hydrogen-bond donors (Lipinski definition) is 1. The summed E-state index contributed by atoms with van der Waals surface area (Å²) in [5.74, 6) is 1.20. The van der Waals surface area contributed by atoms with Crippen LogP contribution >= 0.6 is 0 Å². The molecule has 1 N–H and O–H groups in total. The van der Waals surface area contributed by atoms with E-state index in [1.165, 1.54) is 12.8 Å². The minimum absolute atomic E-state index is 0.0533. The van der Waals surface area contributed by atoms with E-state index in [4.69, 9.17) is 4.74 Å². The summed E-state index contributed by atoms with van der Waals surface area (Å²) in [6, 6.07) is 3.45. The SMILES string of the molecule is CCOc1ccc(C(=O)NCC2CC2)cn1. The molecule has 0 aliphatic heterocycles. The molecule has 1 saturated carbocycles. The average Bonchev–Trinajstić information content (AvgIpc) is 3.11. The molecule has 0 atom stereocenters. The van der Waals surface area contributed by atoms with Gasteiger partial charge in [0.1, 0.15) is 0 Å². The number of rotatable bonds is 5. The number of carbonyl (C=O) groups is 1. The van der Waals surface area contributed by atoms with Crippen molar-refractivity contribution in [2.45, 2.75) is 19.8 Å². The normalized spacial score (nSPS) is 14.6. The molecule has 16 heavy (non-hydrogen) atoms. The van der Waals surface area contributed by atoms with Crippen molar-refractivity contribution in [3.8, 4) is 5.88 Å². The number of carbonyl (C=O) groups excluding carboxylic acids is 1. The largest absolute Gasteiger partial charge is 0.478 e. The van der Waals surface area contributed by atoms with Crippen LogP contribution in [0.1, 0.15) is 30.1 Å². The van der Waals surface area contributed by atoms with Crippen LogP contribution in [0, 0.1) is 5.92 Å². The van der Waals surface area contributed by atoms with Crippen LogP contribution in [0.5, 0.6) is 5.88 Å². The quantitative estimate of drug-likeness (QED) is 0.820. The highest BCUT2D eigenvalue weighted by Crippen LogP contribution is 2.27. The summed E-state index contributed by atoms with van der Waals surface area (Å²) in [7, 11) is 0. The maximum absolute atomic E-state index is 11.7. The number of hydrogen-bond acceptors (Lipinski definition) is 3. The zero-order chi connectivity index (χ0) is 11.4. The molecule has 1 aliphatic carbocycles. The lowest BCUT2D eigenvalue weighted by Crippen LogP contribution is -2.25. The fourth-order valence-electron chi connectivity index (χ4n) is 1.41. The third-order valence-corrected chi connectivity index (χ3v) is 2.54. The lowest BCUT2D eigenvalue weighted by Gasteiger charge is -2.05. The maximum Gasteiger partial charge on any atom is 0.252 e. The Bertz CT molecular complexity index is 358. The van der Waals surface area contributed by atoms with Crippen LogP contribution in [0.2, 0.25) is 0 Å². The summed E-state index contributed by atoms with van der Waals surface area (Å²) in [4.78, 5) is 15.7. The van der Waals surface area contributed by atoms with Gasteiger partial charge in [-0.15, -0.1) is 0 Å². The van der Waals surface area contributed by atoms with Gasteiger partial charge in [-0.1, -0.05) is 0 Å². The van der Waals surface area contributed by atoms with Crippen LogP contribution in [0.25, 0.3) is 0 Å². The van der Waals surface area contributed by atoms with Crippen LogP contribution in [0.4, 0.5) is 0 Å². The molecule has 4 nitrogen and oxygen atoms in total. The van der Waals surface area contributed by atoms with Gasteiger partial charge >= 0.3 is 0 Å². The Kier molecular flexibility index (Phi) is 3.39. The first-order valence-corrected chi connectivity index (χ1v) is 5.66. The predicted molar refractivity (Wildman–Crippen MR) is 60.5 cm³/mol. The van der Waals surface area contributed by atoms with Gasteiger partial charge in [-0.05, 0) is 31.7 Å². The van der Waals surface area contributed by atoms with E-state index in [-0.39, 0.29) is 5.91 Å². The number of pyridine rings is 1. The standard InChI is InChI=1S/C12H16N2O2/c1-2-16-11-6-5-10(8-13-11)12(15)14-7-9-3-4-9/h5-6,8-9H,2-4,7H2,1H3,(H,14,15). The molecular weight excluding hydrogens is 204 g/mol. The molecule has 86 valence electrons. The van der Waals surface area contributed by atoms with Gasteiger partial charge in [0, 0.05) is 18.8 Å². The van der Waals surface area contributed by atoms with Crippen molar-refractivity contribution in [1.29, 1.82) is 0 Å². The second-order valence-corrected chi connectivity index (χ2v) is 3.97. The van der Waals surface area contributed by atoms with Crippen molar-refractivity contribution in [2.24, 2.45) is 5.92 Å². The Labute approximate surface area is 95.0 Å². The number of amides is 1. The van der Waals surface area contributed by atoms with E-state index in [0.717, 1.165) is 6.54 Å². The smallest absolute Gasteiger partial charge is 0.252 e. The fraction of sp³-hybridized carbons (Fsp3) is 0.500. The Hall–Kier alpha value is -1.58. The lowest BCUT2D eigenvalue weighted by atomic mass is 10.2. The Balaban J connectivity index is 1.88. The van der Waals surface area contributed by atoms with Gasteiger partial charge in [0.05, 0.1) is 12.2 Å². The van der Waals surface area contributed by atoms with Gasteiger partial charge in [0.25, 0.3) is 5.91 Å². The minimum atomic E-state index is -0.0533. The van der Waals surface area contributed by atoms with Gasteiger partial charge in [-0.3, -0.25) is 4.79 Å². The first-order chi connectivity index (χ1) is 7.79. The van der Waals surface area contributed by atoms with Crippen molar-refractivity contribution in [3.05, 3.63) is 23.9 Å². The summed E-state index contributed by atoms with van der Waals surface area (Å²) in [5.41, 5.74) is 0.587. The van der Waals surface area contributed by atoms with Crippen molar-refractivity contribution in [3.63, 3.8) is 0 Å². The second kappa shape index (κ2) is 4.96. The minimum Gasteiger partial charge on any atom is -0.478 e. The van der Waals surface area contributed by atoms with E-state index in [9.17, 15) is 4.79 Å². The summed E-state index contributed by atoms with van der Waals surface area (Å²) < 4.78 is 5.21. The van der Waals surface area contributed by atoms with Crippen molar-refractivity contribution >= 4 is 5.91 Å². The van der Waals surface area contributed by atoms with Crippen molar-refractivity contribution < 1.29 is 9.53 Å². The zero-order valence-corrected chi connectivity index (χ0v) is 9.40. The molecule has 1 aromatic heterocycles. The molecule has 1 aliphatic rings. The Morgan fingerprint density at radius 2 is 2.38 bits per heavy atom. The topological polar surface area (TPSA) is 51.2 Å². The third kappa shape index (κ3) is 2.95. The Morgan fingerprint density at radius 1 is 1.56 bits per heavy atom. The van der Waals surface area contributed by atoms with Gasteiger partial charge in [0.15, 0.2) is 0 Å². The molecule has 0 bridgehead atoms. The van der Waals surface area contributed by atoms with Crippen LogP contribution in [-0.2, 0) is 0 Å². The van der Waals surface area contributed by atoms with E-state index in [1.54, 1.807) is 18.3 Å². The summed E-state index contributed by atoms with van der Waals surface area (Å²) in [6.45, 7) is 3.27. The molecule has 1 fully saturated rings. The van der Waals surface area contributed by atoms with E-state index >= 15 is 0 Å². The Morgan fingerprint density at radius 3 is 2.94 bits per heavy atom.